The van der Waals surface area contributed by atoms with Crippen molar-refractivity contribution in [3.8, 4) is 0 Å². The second kappa shape index (κ2) is 5.15. The fourth-order valence-corrected chi connectivity index (χ4v) is 3.15. The van der Waals surface area contributed by atoms with E-state index >= 15 is 0 Å². The van der Waals surface area contributed by atoms with Crippen LogP contribution in [0.1, 0.15) is 19.3 Å². The Morgan fingerprint density at radius 3 is 2.83 bits per heavy atom. The summed E-state index contributed by atoms with van der Waals surface area (Å²) in [5.74, 6) is 0.668. The molecule has 2 aliphatic heterocycles. The number of rotatable bonds is 1. The van der Waals surface area contributed by atoms with Crippen LogP contribution in [-0.2, 0) is 0 Å². The standard InChI is InChI=1S/C11H15Cl2N5/c12-9-10(14-11(13)16-15-9)18-6-5-17-4-2-1-3-8(17)7-18/h8H,1-7H2. The lowest BCUT2D eigenvalue weighted by Gasteiger charge is -2.44. The number of piperidine rings is 1. The molecule has 0 aromatic carbocycles. The van der Waals surface area contributed by atoms with E-state index in [-0.39, 0.29) is 5.28 Å². The second-order valence-corrected chi connectivity index (χ2v) is 5.52. The molecule has 0 radical (unpaired) electrons. The van der Waals surface area contributed by atoms with Gasteiger partial charge in [0.25, 0.3) is 0 Å². The van der Waals surface area contributed by atoms with Gasteiger partial charge in [-0.3, -0.25) is 4.90 Å². The summed E-state index contributed by atoms with van der Waals surface area (Å²) in [5, 5.41) is 7.96. The fraction of sp³-hybridized carbons (Fsp3) is 0.727. The molecule has 3 rings (SSSR count). The average Bonchev–Trinajstić information content (AvgIpc) is 2.41. The van der Waals surface area contributed by atoms with Crippen molar-refractivity contribution < 1.29 is 0 Å². The molecule has 1 unspecified atom stereocenters. The maximum Gasteiger partial charge on any atom is 0.245 e. The SMILES string of the molecule is Clc1nnc(Cl)c(N2CCN3CCCCC3C2)n1. The monoisotopic (exact) mass is 287 g/mol. The second-order valence-electron chi connectivity index (χ2n) is 4.83. The smallest absolute Gasteiger partial charge is 0.245 e. The van der Waals surface area contributed by atoms with Crippen LogP contribution >= 0.6 is 23.2 Å². The summed E-state index contributed by atoms with van der Waals surface area (Å²) in [4.78, 5) is 8.94. The number of fused-ring (bicyclic) bond motifs is 1. The minimum Gasteiger partial charge on any atom is -0.351 e. The quantitative estimate of drug-likeness (QED) is 0.789. The Morgan fingerprint density at radius 1 is 1.06 bits per heavy atom. The zero-order valence-electron chi connectivity index (χ0n) is 10.0. The topological polar surface area (TPSA) is 45.2 Å². The molecule has 2 aliphatic rings. The molecule has 1 atom stereocenters. The molecule has 0 aliphatic carbocycles. The molecule has 2 fully saturated rings. The zero-order chi connectivity index (χ0) is 12.5. The third-order valence-corrected chi connectivity index (χ3v) is 4.14. The lowest BCUT2D eigenvalue weighted by Crippen LogP contribution is -2.55. The summed E-state index contributed by atoms with van der Waals surface area (Å²) in [7, 11) is 0. The highest BCUT2D eigenvalue weighted by atomic mass is 35.5. The van der Waals surface area contributed by atoms with Gasteiger partial charge in [0.2, 0.25) is 5.28 Å². The lowest BCUT2D eigenvalue weighted by atomic mass is 9.99. The number of aromatic nitrogens is 3. The molecule has 3 heterocycles. The van der Waals surface area contributed by atoms with Gasteiger partial charge in [-0.25, -0.2) is 0 Å². The van der Waals surface area contributed by atoms with Crippen LogP contribution in [0.4, 0.5) is 5.82 Å². The Morgan fingerprint density at radius 2 is 1.94 bits per heavy atom. The van der Waals surface area contributed by atoms with E-state index in [1.54, 1.807) is 0 Å². The van der Waals surface area contributed by atoms with Crippen molar-refractivity contribution in [1.82, 2.24) is 20.1 Å². The number of hydrogen-bond acceptors (Lipinski definition) is 5. The molecular weight excluding hydrogens is 273 g/mol. The number of halogens is 2. The van der Waals surface area contributed by atoms with Gasteiger partial charge < -0.3 is 4.90 Å². The van der Waals surface area contributed by atoms with Crippen molar-refractivity contribution in [3.63, 3.8) is 0 Å². The lowest BCUT2D eigenvalue weighted by molar-refractivity contribution is 0.133. The molecule has 1 aromatic rings. The Labute approximate surface area is 116 Å². The van der Waals surface area contributed by atoms with E-state index in [1.807, 2.05) is 0 Å². The summed E-state index contributed by atoms with van der Waals surface area (Å²) in [6, 6.07) is 0.609. The van der Waals surface area contributed by atoms with Gasteiger partial charge in [-0.1, -0.05) is 18.0 Å². The Hall–Kier alpha value is -0.650. The number of hydrogen-bond donors (Lipinski definition) is 0. The predicted molar refractivity (Wildman–Crippen MR) is 71.3 cm³/mol. The molecule has 0 amide bonds. The first kappa shape index (κ1) is 12.4. The Kier molecular flexibility index (Phi) is 3.54. The maximum absolute atomic E-state index is 6.05. The van der Waals surface area contributed by atoms with Gasteiger partial charge >= 0.3 is 0 Å². The highest BCUT2D eigenvalue weighted by Crippen LogP contribution is 2.27. The normalized spacial score (nSPS) is 25.0. The first-order valence-corrected chi connectivity index (χ1v) is 7.04. The van der Waals surface area contributed by atoms with Gasteiger partial charge in [0.15, 0.2) is 11.0 Å². The van der Waals surface area contributed by atoms with Crippen LogP contribution in [0.2, 0.25) is 10.4 Å². The minimum absolute atomic E-state index is 0.153. The van der Waals surface area contributed by atoms with Gasteiger partial charge in [0, 0.05) is 25.7 Å². The van der Waals surface area contributed by atoms with Crippen LogP contribution in [0, 0.1) is 0 Å². The van der Waals surface area contributed by atoms with Gasteiger partial charge in [0.05, 0.1) is 0 Å². The van der Waals surface area contributed by atoms with Crippen molar-refractivity contribution in [1.29, 1.82) is 0 Å². The highest BCUT2D eigenvalue weighted by molar-refractivity contribution is 6.32. The van der Waals surface area contributed by atoms with Crippen LogP contribution in [-0.4, -0.2) is 52.3 Å². The summed E-state index contributed by atoms with van der Waals surface area (Å²) in [6.45, 7) is 4.15. The third kappa shape index (κ3) is 2.39. The summed E-state index contributed by atoms with van der Waals surface area (Å²) in [5.41, 5.74) is 0. The summed E-state index contributed by atoms with van der Waals surface area (Å²) >= 11 is 11.8. The van der Waals surface area contributed by atoms with Crippen molar-refractivity contribution in [2.75, 3.05) is 31.1 Å². The summed E-state index contributed by atoms with van der Waals surface area (Å²) in [6.07, 6.45) is 3.88. The van der Waals surface area contributed by atoms with E-state index < -0.39 is 0 Å². The van der Waals surface area contributed by atoms with Crippen LogP contribution in [0.15, 0.2) is 0 Å². The van der Waals surface area contributed by atoms with Crippen molar-refractivity contribution in [3.05, 3.63) is 10.4 Å². The molecule has 0 spiro atoms. The third-order valence-electron chi connectivity index (χ3n) is 3.74. The highest BCUT2D eigenvalue weighted by Gasteiger charge is 2.30. The molecule has 7 heteroatoms. The van der Waals surface area contributed by atoms with Gasteiger partial charge in [-0.2, -0.15) is 4.98 Å². The largest absolute Gasteiger partial charge is 0.351 e. The van der Waals surface area contributed by atoms with E-state index in [0.717, 1.165) is 19.6 Å². The molecule has 0 saturated carbocycles. The number of nitrogens with zero attached hydrogens (tertiary/aromatic N) is 5. The fourth-order valence-electron chi connectivity index (χ4n) is 2.84. The summed E-state index contributed by atoms with van der Waals surface area (Å²) < 4.78 is 0. The van der Waals surface area contributed by atoms with E-state index in [9.17, 15) is 0 Å². The molecule has 5 nitrogen and oxygen atoms in total. The zero-order valence-corrected chi connectivity index (χ0v) is 11.5. The molecular formula is C11H15Cl2N5. The van der Waals surface area contributed by atoms with E-state index in [2.05, 4.69) is 25.0 Å². The first-order chi connectivity index (χ1) is 8.74. The van der Waals surface area contributed by atoms with Gasteiger partial charge in [0.1, 0.15) is 0 Å². The van der Waals surface area contributed by atoms with Gasteiger partial charge in [-0.05, 0) is 31.0 Å². The first-order valence-electron chi connectivity index (χ1n) is 6.29. The molecule has 2 saturated heterocycles. The molecule has 18 heavy (non-hydrogen) atoms. The van der Waals surface area contributed by atoms with E-state index in [4.69, 9.17) is 23.2 Å². The number of piperazine rings is 1. The average molecular weight is 288 g/mol. The minimum atomic E-state index is 0.153. The van der Waals surface area contributed by atoms with E-state index in [1.165, 1.54) is 25.8 Å². The molecule has 98 valence electrons. The number of anilines is 1. The Balaban J connectivity index is 1.79. The van der Waals surface area contributed by atoms with Crippen molar-refractivity contribution >= 4 is 29.0 Å². The molecule has 0 bridgehead atoms. The van der Waals surface area contributed by atoms with Crippen LogP contribution < -0.4 is 4.90 Å². The molecule has 0 N–H and O–H groups in total. The molecule has 1 aromatic heterocycles. The predicted octanol–water partition coefficient (Wildman–Crippen LogP) is 1.85. The maximum atomic E-state index is 6.05. The van der Waals surface area contributed by atoms with Crippen molar-refractivity contribution in [2.45, 2.75) is 25.3 Å². The van der Waals surface area contributed by atoms with Gasteiger partial charge in [-0.15, -0.1) is 10.2 Å². The van der Waals surface area contributed by atoms with Crippen LogP contribution in [0.5, 0.6) is 0 Å². The van der Waals surface area contributed by atoms with Crippen LogP contribution in [0.3, 0.4) is 0 Å². The van der Waals surface area contributed by atoms with Crippen molar-refractivity contribution in [2.24, 2.45) is 0 Å². The van der Waals surface area contributed by atoms with Crippen LogP contribution in [0.25, 0.3) is 0 Å². The Bertz CT molecular complexity index is 441. The van der Waals surface area contributed by atoms with E-state index in [0.29, 0.717) is 17.0 Å².